The van der Waals surface area contributed by atoms with Gasteiger partial charge in [-0.1, -0.05) is 13.8 Å². The number of sulfonamides is 1. The number of carboxylic acids is 1. The van der Waals surface area contributed by atoms with Gasteiger partial charge >= 0.3 is 5.97 Å². The van der Waals surface area contributed by atoms with Crippen molar-refractivity contribution in [1.82, 2.24) is 0 Å². The normalized spacial score (nSPS) is 22.8. The molecule has 1 fully saturated rings. The molecule has 0 radical (unpaired) electrons. The molecule has 1 unspecified atom stereocenters. The molecule has 116 valence electrons. The van der Waals surface area contributed by atoms with E-state index in [-0.39, 0.29) is 10.8 Å². The number of rotatable bonds is 4. The zero-order valence-electron chi connectivity index (χ0n) is 12.1. The van der Waals surface area contributed by atoms with Crippen LogP contribution in [0.3, 0.4) is 0 Å². The van der Waals surface area contributed by atoms with Gasteiger partial charge in [0.25, 0.3) is 0 Å². The third kappa shape index (κ3) is 2.89. The summed E-state index contributed by atoms with van der Waals surface area (Å²) < 4.78 is 22.5. The predicted octanol–water partition coefficient (Wildman–Crippen LogP) is 1.27. The van der Waals surface area contributed by atoms with Gasteiger partial charge < -0.3 is 10.0 Å². The fraction of sp³-hybridized carbons (Fsp3) is 0.500. The quantitative estimate of drug-likeness (QED) is 0.872. The Morgan fingerprint density at radius 1 is 1.33 bits per heavy atom. The van der Waals surface area contributed by atoms with E-state index in [4.69, 9.17) is 5.14 Å². The summed E-state index contributed by atoms with van der Waals surface area (Å²) >= 11 is 0. The molecule has 0 spiro atoms. The minimum atomic E-state index is -3.71. The molecule has 0 saturated carbocycles. The van der Waals surface area contributed by atoms with Gasteiger partial charge in [-0.15, -0.1) is 0 Å². The van der Waals surface area contributed by atoms with Crippen molar-refractivity contribution in [3.8, 4) is 0 Å². The second kappa shape index (κ2) is 5.31. The number of primary sulfonamides is 1. The number of hydrogen-bond acceptors (Lipinski definition) is 4. The third-order valence-electron chi connectivity index (χ3n) is 4.36. The number of nitrogens with zero attached hydrogens (tertiary/aromatic N) is 1. The van der Waals surface area contributed by atoms with Gasteiger partial charge in [-0.3, -0.25) is 4.79 Å². The molecular weight excluding hydrogens is 292 g/mol. The fourth-order valence-corrected chi connectivity index (χ4v) is 3.31. The highest BCUT2D eigenvalue weighted by molar-refractivity contribution is 7.89. The maximum absolute atomic E-state index is 11.6. The summed E-state index contributed by atoms with van der Waals surface area (Å²) in [6, 6.07) is 6.22. The van der Waals surface area contributed by atoms with E-state index in [0.717, 1.165) is 5.69 Å². The van der Waals surface area contributed by atoms with E-state index >= 15 is 0 Å². The molecule has 21 heavy (non-hydrogen) atoms. The van der Waals surface area contributed by atoms with Crippen molar-refractivity contribution < 1.29 is 18.3 Å². The molecule has 1 aromatic rings. The number of aliphatic carboxylic acids is 1. The molecule has 1 aromatic carbocycles. The van der Waals surface area contributed by atoms with Gasteiger partial charge in [0.2, 0.25) is 10.0 Å². The smallest absolute Gasteiger partial charge is 0.311 e. The van der Waals surface area contributed by atoms with E-state index in [2.05, 4.69) is 0 Å². The Hall–Kier alpha value is -1.60. The summed E-state index contributed by atoms with van der Waals surface area (Å²) in [5, 5.41) is 14.6. The van der Waals surface area contributed by atoms with Crippen LogP contribution in [0.15, 0.2) is 29.2 Å². The van der Waals surface area contributed by atoms with Gasteiger partial charge in [0, 0.05) is 18.8 Å². The molecule has 0 aliphatic carbocycles. The first-order valence-electron chi connectivity index (χ1n) is 6.78. The lowest BCUT2D eigenvalue weighted by molar-refractivity contribution is -0.150. The number of nitrogens with two attached hydrogens (primary N) is 1. The molecule has 0 amide bonds. The first-order chi connectivity index (χ1) is 9.67. The maximum atomic E-state index is 11.6. The van der Waals surface area contributed by atoms with Gasteiger partial charge in [0.15, 0.2) is 0 Å². The van der Waals surface area contributed by atoms with Crippen LogP contribution in [0.25, 0.3) is 0 Å². The van der Waals surface area contributed by atoms with E-state index in [1.807, 2.05) is 18.7 Å². The third-order valence-corrected chi connectivity index (χ3v) is 5.29. The highest BCUT2D eigenvalue weighted by atomic mass is 32.2. The standard InChI is InChI=1S/C14H20N2O4S/c1-10(2)14(13(17)18)7-8-16(9-14)11-3-5-12(6-4-11)21(15,19)20/h3-6,10H,7-9H2,1-2H3,(H,17,18)(H2,15,19,20). The van der Waals surface area contributed by atoms with Crippen molar-refractivity contribution in [3.05, 3.63) is 24.3 Å². The van der Waals surface area contributed by atoms with Crippen LogP contribution >= 0.6 is 0 Å². The van der Waals surface area contributed by atoms with Gasteiger partial charge in [-0.2, -0.15) is 0 Å². The van der Waals surface area contributed by atoms with Crippen LogP contribution in [0.1, 0.15) is 20.3 Å². The first kappa shape index (κ1) is 15.8. The Kier molecular flexibility index (Phi) is 3.99. The number of hydrogen-bond donors (Lipinski definition) is 2. The van der Waals surface area contributed by atoms with E-state index < -0.39 is 21.4 Å². The van der Waals surface area contributed by atoms with Crippen molar-refractivity contribution >= 4 is 21.7 Å². The zero-order valence-corrected chi connectivity index (χ0v) is 12.9. The molecule has 0 aromatic heterocycles. The molecule has 1 heterocycles. The number of carbonyl (C=O) groups is 1. The van der Waals surface area contributed by atoms with Crippen LogP contribution in [0, 0.1) is 11.3 Å². The van der Waals surface area contributed by atoms with Crippen molar-refractivity contribution in [2.75, 3.05) is 18.0 Å². The van der Waals surface area contributed by atoms with Crippen molar-refractivity contribution in [2.45, 2.75) is 25.2 Å². The van der Waals surface area contributed by atoms with Crippen LogP contribution in [0.4, 0.5) is 5.69 Å². The minimum Gasteiger partial charge on any atom is -0.481 e. The largest absolute Gasteiger partial charge is 0.481 e. The van der Waals surface area contributed by atoms with Gasteiger partial charge in [0.1, 0.15) is 0 Å². The summed E-state index contributed by atoms with van der Waals surface area (Å²) in [5.41, 5.74) is 0.0599. The first-order valence-corrected chi connectivity index (χ1v) is 8.33. The summed E-state index contributed by atoms with van der Waals surface area (Å²) in [6.45, 7) is 4.90. The molecule has 1 atom stereocenters. The van der Waals surface area contributed by atoms with Crippen LogP contribution in [0.5, 0.6) is 0 Å². The number of benzene rings is 1. The molecule has 6 nitrogen and oxygen atoms in total. The molecule has 1 saturated heterocycles. The Morgan fingerprint density at radius 3 is 2.29 bits per heavy atom. The summed E-state index contributed by atoms with van der Waals surface area (Å²) in [7, 11) is -3.71. The van der Waals surface area contributed by atoms with Crippen LogP contribution in [-0.4, -0.2) is 32.6 Å². The lowest BCUT2D eigenvalue weighted by Gasteiger charge is -2.29. The highest BCUT2D eigenvalue weighted by Gasteiger charge is 2.47. The monoisotopic (exact) mass is 312 g/mol. The Morgan fingerprint density at radius 2 is 1.90 bits per heavy atom. The van der Waals surface area contributed by atoms with E-state index in [1.165, 1.54) is 12.1 Å². The lowest BCUT2D eigenvalue weighted by atomic mass is 9.76. The van der Waals surface area contributed by atoms with Crippen molar-refractivity contribution in [3.63, 3.8) is 0 Å². The average Bonchev–Trinajstić information content (AvgIpc) is 2.84. The zero-order chi connectivity index (χ0) is 15.8. The Bertz CT molecular complexity index is 639. The van der Waals surface area contributed by atoms with Crippen LogP contribution in [-0.2, 0) is 14.8 Å². The van der Waals surface area contributed by atoms with E-state index in [0.29, 0.717) is 19.5 Å². The second-order valence-electron chi connectivity index (χ2n) is 5.83. The van der Waals surface area contributed by atoms with Gasteiger partial charge in [0.05, 0.1) is 10.3 Å². The molecule has 1 aliphatic rings. The number of anilines is 1. The lowest BCUT2D eigenvalue weighted by Crippen LogP contribution is -2.39. The summed E-state index contributed by atoms with van der Waals surface area (Å²) in [4.78, 5) is 13.6. The topological polar surface area (TPSA) is 101 Å². The Labute approximate surface area is 124 Å². The Balaban J connectivity index is 2.24. The van der Waals surface area contributed by atoms with E-state index in [1.54, 1.807) is 12.1 Å². The van der Waals surface area contributed by atoms with E-state index in [9.17, 15) is 18.3 Å². The van der Waals surface area contributed by atoms with Gasteiger partial charge in [-0.05, 0) is 36.6 Å². The maximum Gasteiger partial charge on any atom is 0.311 e. The summed E-state index contributed by atoms with van der Waals surface area (Å²) in [5.74, 6) is -0.746. The number of carboxylic acid groups (broad SMARTS) is 1. The second-order valence-corrected chi connectivity index (χ2v) is 7.39. The molecule has 0 bridgehead atoms. The SMILES string of the molecule is CC(C)C1(C(=O)O)CCN(c2ccc(S(N)(=O)=O)cc2)C1. The molecule has 3 N–H and O–H groups in total. The van der Waals surface area contributed by atoms with Gasteiger partial charge in [-0.25, -0.2) is 13.6 Å². The molecule has 1 aliphatic heterocycles. The molecule has 2 rings (SSSR count). The molecular formula is C14H20N2O4S. The average molecular weight is 312 g/mol. The molecule has 7 heteroatoms. The highest BCUT2D eigenvalue weighted by Crippen LogP contribution is 2.40. The predicted molar refractivity (Wildman–Crippen MR) is 79.6 cm³/mol. The van der Waals surface area contributed by atoms with Crippen molar-refractivity contribution in [2.24, 2.45) is 16.5 Å². The van der Waals surface area contributed by atoms with Crippen LogP contribution in [0.2, 0.25) is 0 Å². The minimum absolute atomic E-state index is 0.0312. The van der Waals surface area contributed by atoms with Crippen molar-refractivity contribution in [1.29, 1.82) is 0 Å². The fourth-order valence-electron chi connectivity index (χ4n) is 2.79. The van der Waals surface area contributed by atoms with Crippen LogP contribution < -0.4 is 10.0 Å². The summed E-state index contributed by atoms with van der Waals surface area (Å²) in [6.07, 6.45) is 0.580.